The van der Waals surface area contributed by atoms with Crippen LogP contribution in [0.5, 0.6) is 0 Å². The molecule has 28 heavy (non-hydrogen) atoms. The molecule has 0 aliphatic heterocycles. The molecule has 0 aliphatic rings. The largest absolute Gasteiger partial charge is 0.444 e. The van der Waals surface area contributed by atoms with E-state index in [1.165, 1.54) is 15.3 Å². The van der Waals surface area contributed by atoms with Crippen LogP contribution in [0.1, 0.15) is 26.3 Å². The number of nitrogens with zero attached hydrogens (tertiary/aromatic N) is 1. The minimum Gasteiger partial charge on any atom is -0.444 e. The van der Waals surface area contributed by atoms with Crippen molar-refractivity contribution >= 4 is 29.0 Å². The van der Waals surface area contributed by atoms with E-state index in [-0.39, 0.29) is 19.0 Å². The van der Waals surface area contributed by atoms with Gasteiger partial charge in [0.2, 0.25) is 5.91 Å². The van der Waals surface area contributed by atoms with Crippen molar-refractivity contribution in [2.24, 2.45) is 0 Å². The van der Waals surface area contributed by atoms with Gasteiger partial charge in [0, 0.05) is 24.2 Å². The maximum absolute atomic E-state index is 12.5. The zero-order valence-electron chi connectivity index (χ0n) is 17.1. The van der Waals surface area contributed by atoms with Gasteiger partial charge in [-0.3, -0.25) is 9.69 Å². The minimum absolute atomic E-state index is 0.111. The first kappa shape index (κ1) is 21.9. The lowest BCUT2D eigenvalue weighted by atomic mass is 10.1. The summed E-state index contributed by atoms with van der Waals surface area (Å²) in [4.78, 5) is 27.4. The van der Waals surface area contributed by atoms with Gasteiger partial charge in [-0.15, -0.1) is 11.3 Å². The summed E-state index contributed by atoms with van der Waals surface area (Å²) in [7, 11) is 1.55. The molecule has 6 nitrogen and oxygen atoms in total. The summed E-state index contributed by atoms with van der Waals surface area (Å²) in [6.45, 7) is 7.91. The predicted octanol–water partition coefficient (Wildman–Crippen LogP) is 4.55. The zero-order valence-corrected chi connectivity index (χ0v) is 17.9. The van der Waals surface area contributed by atoms with Crippen molar-refractivity contribution in [2.45, 2.75) is 33.3 Å². The molecule has 0 atom stereocenters. The van der Waals surface area contributed by atoms with E-state index in [9.17, 15) is 9.59 Å². The molecule has 0 saturated heterocycles. The summed E-state index contributed by atoms with van der Waals surface area (Å²) in [5.74, 6) is -0.290. The first-order valence-corrected chi connectivity index (χ1v) is 9.99. The second-order valence-electron chi connectivity index (χ2n) is 7.46. The van der Waals surface area contributed by atoms with Crippen molar-refractivity contribution < 1.29 is 19.1 Å². The summed E-state index contributed by atoms with van der Waals surface area (Å²) < 4.78 is 10.4. The van der Waals surface area contributed by atoms with Gasteiger partial charge in [0.1, 0.15) is 12.1 Å². The highest BCUT2D eigenvalue weighted by Gasteiger charge is 2.24. The molecule has 0 spiro atoms. The maximum Gasteiger partial charge on any atom is 0.410 e. The number of hydrogen-bond donors (Lipinski definition) is 1. The molecule has 0 radical (unpaired) electrons. The molecule has 1 N–H and O–H groups in total. The number of carbonyl (C=O) groups excluding carboxylic acids is 2. The number of methoxy groups -OCH3 is 1. The van der Waals surface area contributed by atoms with Crippen molar-refractivity contribution in [2.75, 3.05) is 32.1 Å². The Kier molecular flexibility index (Phi) is 7.60. The summed E-state index contributed by atoms with van der Waals surface area (Å²) in [6.07, 6.45) is -0.539. The average Bonchev–Trinajstić information content (AvgIpc) is 3.03. The topological polar surface area (TPSA) is 67.9 Å². The van der Waals surface area contributed by atoms with Gasteiger partial charge in [-0.05, 0) is 62.4 Å². The highest BCUT2D eigenvalue weighted by Crippen LogP contribution is 2.30. The third kappa shape index (κ3) is 6.65. The fourth-order valence-electron chi connectivity index (χ4n) is 2.54. The average molecular weight is 405 g/mol. The van der Waals surface area contributed by atoms with Crippen LogP contribution in [-0.2, 0) is 14.3 Å². The zero-order chi connectivity index (χ0) is 20.7. The number of ether oxygens (including phenoxy) is 2. The molecule has 0 fully saturated rings. The molecule has 1 heterocycles. The normalized spacial score (nSPS) is 11.2. The van der Waals surface area contributed by atoms with Crippen LogP contribution < -0.4 is 5.32 Å². The van der Waals surface area contributed by atoms with Crippen LogP contribution in [0.2, 0.25) is 0 Å². The second-order valence-corrected chi connectivity index (χ2v) is 8.37. The highest BCUT2D eigenvalue weighted by atomic mass is 32.1. The van der Waals surface area contributed by atoms with Crippen molar-refractivity contribution in [3.8, 4) is 10.4 Å². The van der Waals surface area contributed by atoms with E-state index in [1.807, 2.05) is 29.6 Å². The van der Waals surface area contributed by atoms with Gasteiger partial charge < -0.3 is 14.8 Å². The fraction of sp³-hybridized carbons (Fsp3) is 0.429. The number of rotatable bonds is 7. The Morgan fingerprint density at radius 3 is 2.57 bits per heavy atom. The summed E-state index contributed by atoms with van der Waals surface area (Å²) in [6, 6.07) is 9.75. The number of benzene rings is 1. The lowest BCUT2D eigenvalue weighted by Crippen LogP contribution is -2.42. The van der Waals surface area contributed by atoms with E-state index in [4.69, 9.17) is 9.47 Å². The third-order valence-electron chi connectivity index (χ3n) is 3.82. The van der Waals surface area contributed by atoms with E-state index < -0.39 is 11.7 Å². The van der Waals surface area contributed by atoms with Gasteiger partial charge >= 0.3 is 6.09 Å². The summed E-state index contributed by atoms with van der Waals surface area (Å²) in [5.41, 5.74) is 2.30. The Morgan fingerprint density at radius 2 is 1.96 bits per heavy atom. The van der Waals surface area contributed by atoms with Crippen LogP contribution in [-0.4, -0.2) is 49.3 Å². The van der Waals surface area contributed by atoms with Crippen molar-refractivity contribution in [1.82, 2.24) is 4.90 Å². The van der Waals surface area contributed by atoms with Gasteiger partial charge in [0.05, 0.1) is 6.61 Å². The molecular weight excluding hydrogens is 376 g/mol. The Labute approximate surface area is 170 Å². The van der Waals surface area contributed by atoms with Gasteiger partial charge in [-0.2, -0.15) is 0 Å². The van der Waals surface area contributed by atoms with E-state index in [0.29, 0.717) is 12.3 Å². The van der Waals surface area contributed by atoms with Gasteiger partial charge in [0.25, 0.3) is 0 Å². The van der Waals surface area contributed by atoms with Crippen molar-refractivity contribution in [1.29, 1.82) is 0 Å². The molecule has 7 heteroatoms. The molecule has 0 bridgehead atoms. The summed E-state index contributed by atoms with van der Waals surface area (Å²) in [5, 5.41) is 4.91. The Morgan fingerprint density at radius 1 is 1.21 bits per heavy atom. The van der Waals surface area contributed by atoms with Crippen LogP contribution in [0.3, 0.4) is 0 Å². The van der Waals surface area contributed by atoms with E-state index in [1.54, 1.807) is 39.2 Å². The molecule has 1 aromatic heterocycles. The summed E-state index contributed by atoms with van der Waals surface area (Å²) >= 11 is 1.66. The molecule has 2 amide bonds. The molecule has 1 aromatic carbocycles. The fourth-order valence-corrected chi connectivity index (χ4v) is 3.47. The molecule has 0 unspecified atom stereocenters. The number of thiophene rings is 1. The van der Waals surface area contributed by atoms with Crippen molar-refractivity contribution in [3.63, 3.8) is 0 Å². The van der Waals surface area contributed by atoms with Crippen molar-refractivity contribution in [3.05, 3.63) is 41.3 Å². The number of hydrogen-bond acceptors (Lipinski definition) is 5. The molecular formula is C21H28N2O4S. The number of nitrogens with one attached hydrogen (secondary N) is 1. The minimum atomic E-state index is -0.633. The quantitative estimate of drug-likeness (QED) is 0.735. The SMILES string of the molecule is COCCN(CC(=O)Nc1cccc(-c2sccc2C)c1)C(=O)OC(C)(C)C. The lowest BCUT2D eigenvalue weighted by Gasteiger charge is -2.26. The first-order valence-electron chi connectivity index (χ1n) is 9.11. The number of anilines is 1. The van der Waals surface area contributed by atoms with Gasteiger partial charge in [-0.25, -0.2) is 4.79 Å². The maximum atomic E-state index is 12.5. The third-order valence-corrected chi connectivity index (χ3v) is 4.89. The Hall–Kier alpha value is -2.38. The molecule has 152 valence electrons. The van der Waals surface area contributed by atoms with Gasteiger partial charge in [0.15, 0.2) is 0 Å². The van der Waals surface area contributed by atoms with E-state index >= 15 is 0 Å². The Balaban J connectivity index is 2.06. The molecule has 0 aliphatic carbocycles. The Bertz CT molecular complexity index is 811. The van der Waals surface area contributed by atoms with Crippen LogP contribution in [0, 0.1) is 6.92 Å². The standard InChI is InChI=1S/C21H28N2O4S/c1-15-9-12-28-19(15)16-7-6-8-17(13-16)22-18(24)14-23(10-11-26-5)20(25)27-21(2,3)4/h6-9,12-13H,10-11,14H2,1-5H3,(H,22,24). The second kappa shape index (κ2) is 9.71. The number of carbonyl (C=O) groups is 2. The van der Waals surface area contributed by atoms with Crippen LogP contribution in [0.15, 0.2) is 35.7 Å². The first-order chi connectivity index (χ1) is 13.2. The lowest BCUT2D eigenvalue weighted by molar-refractivity contribution is -0.117. The smallest absolute Gasteiger partial charge is 0.410 e. The van der Waals surface area contributed by atoms with Crippen LogP contribution >= 0.6 is 11.3 Å². The number of aryl methyl sites for hydroxylation is 1. The van der Waals surface area contributed by atoms with Gasteiger partial charge in [-0.1, -0.05) is 12.1 Å². The van der Waals surface area contributed by atoms with Crippen LogP contribution in [0.25, 0.3) is 10.4 Å². The molecule has 2 aromatic rings. The molecule has 0 saturated carbocycles. The van der Waals surface area contributed by atoms with Crippen LogP contribution in [0.4, 0.5) is 10.5 Å². The molecule has 2 rings (SSSR count). The van der Waals surface area contributed by atoms with E-state index in [2.05, 4.69) is 18.3 Å². The number of amides is 2. The van der Waals surface area contributed by atoms with E-state index in [0.717, 1.165) is 5.56 Å². The highest BCUT2D eigenvalue weighted by molar-refractivity contribution is 7.13. The monoisotopic (exact) mass is 404 g/mol. The predicted molar refractivity (Wildman–Crippen MR) is 113 cm³/mol.